The minimum atomic E-state index is 0.464. The zero-order valence-corrected chi connectivity index (χ0v) is 14.1. The zero-order chi connectivity index (χ0) is 14.6. The first-order chi connectivity index (χ1) is 9.51. The highest BCUT2D eigenvalue weighted by Crippen LogP contribution is 2.42. The molecule has 1 saturated carbocycles. The predicted octanol–water partition coefficient (Wildman–Crippen LogP) is 4.39. The molecule has 2 aliphatic rings. The first-order valence-electron chi connectivity index (χ1n) is 8.86. The molecule has 1 saturated heterocycles. The van der Waals surface area contributed by atoms with Crippen LogP contribution in [0.3, 0.4) is 0 Å². The topological polar surface area (TPSA) is 21.3 Å². The summed E-state index contributed by atoms with van der Waals surface area (Å²) in [5.74, 6) is 1.48. The van der Waals surface area contributed by atoms with Gasteiger partial charge >= 0.3 is 0 Å². The molecule has 118 valence electrons. The van der Waals surface area contributed by atoms with Gasteiger partial charge in [0.1, 0.15) is 0 Å². The van der Waals surface area contributed by atoms with Crippen molar-refractivity contribution in [2.24, 2.45) is 17.3 Å². The lowest BCUT2D eigenvalue weighted by Crippen LogP contribution is -2.45. The second-order valence-corrected chi connectivity index (χ2v) is 8.06. The Morgan fingerprint density at radius 3 is 2.45 bits per heavy atom. The summed E-state index contributed by atoms with van der Waals surface area (Å²) < 4.78 is 5.89. The van der Waals surface area contributed by atoms with Crippen LogP contribution in [0.2, 0.25) is 0 Å². The normalized spacial score (nSPS) is 30.3. The summed E-state index contributed by atoms with van der Waals surface area (Å²) in [5, 5.41) is 3.91. The lowest BCUT2D eigenvalue weighted by Gasteiger charge is -2.37. The Morgan fingerprint density at radius 1 is 1.15 bits per heavy atom. The molecule has 0 aromatic heterocycles. The van der Waals surface area contributed by atoms with Gasteiger partial charge in [0.15, 0.2) is 0 Å². The van der Waals surface area contributed by atoms with E-state index in [4.69, 9.17) is 4.74 Å². The van der Waals surface area contributed by atoms with Crippen molar-refractivity contribution in [1.29, 1.82) is 0 Å². The van der Waals surface area contributed by atoms with Gasteiger partial charge in [0.25, 0.3) is 0 Å². The maximum atomic E-state index is 5.89. The van der Waals surface area contributed by atoms with Crippen LogP contribution in [0.1, 0.15) is 72.6 Å². The summed E-state index contributed by atoms with van der Waals surface area (Å²) in [6, 6.07) is 0.681. The Hall–Kier alpha value is -0.0800. The molecule has 0 spiro atoms. The van der Waals surface area contributed by atoms with Crippen LogP contribution in [0.4, 0.5) is 0 Å². The van der Waals surface area contributed by atoms with Crippen LogP contribution in [0.15, 0.2) is 0 Å². The molecule has 2 heteroatoms. The highest BCUT2D eigenvalue weighted by atomic mass is 16.5. The third-order valence-electron chi connectivity index (χ3n) is 5.33. The van der Waals surface area contributed by atoms with Gasteiger partial charge in [-0.1, -0.05) is 40.5 Å². The third-order valence-corrected chi connectivity index (χ3v) is 5.33. The summed E-state index contributed by atoms with van der Waals surface area (Å²) in [6.07, 6.45) is 10.0. The molecule has 2 fully saturated rings. The van der Waals surface area contributed by atoms with E-state index >= 15 is 0 Å². The summed E-state index contributed by atoms with van der Waals surface area (Å²) in [4.78, 5) is 0. The van der Waals surface area contributed by atoms with Crippen LogP contribution in [-0.4, -0.2) is 25.3 Å². The first-order valence-corrected chi connectivity index (χ1v) is 8.86. The lowest BCUT2D eigenvalue weighted by molar-refractivity contribution is -0.0260. The first kappa shape index (κ1) is 16.3. The Balaban J connectivity index is 1.83. The number of hydrogen-bond donors (Lipinski definition) is 1. The van der Waals surface area contributed by atoms with E-state index in [2.05, 4.69) is 33.0 Å². The van der Waals surface area contributed by atoms with Crippen LogP contribution in [0.25, 0.3) is 0 Å². The SMILES string of the molecule is CC(C)CC1(CNC2CCOC(C(C)C)C2)CCCC1. The number of rotatable bonds is 6. The molecule has 20 heavy (non-hydrogen) atoms. The maximum absolute atomic E-state index is 5.89. The molecule has 1 aliphatic heterocycles. The van der Waals surface area contributed by atoms with Gasteiger partial charge in [0.05, 0.1) is 6.10 Å². The molecule has 1 heterocycles. The van der Waals surface area contributed by atoms with Gasteiger partial charge in [-0.25, -0.2) is 0 Å². The van der Waals surface area contributed by atoms with Gasteiger partial charge in [-0.05, 0) is 49.4 Å². The summed E-state index contributed by atoms with van der Waals surface area (Å²) >= 11 is 0. The number of ether oxygens (including phenoxy) is 1. The van der Waals surface area contributed by atoms with E-state index in [-0.39, 0.29) is 0 Å². The fourth-order valence-corrected chi connectivity index (χ4v) is 4.28. The molecule has 2 nitrogen and oxygen atoms in total. The highest BCUT2D eigenvalue weighted by molar-refractivity contribution is 4.89. The van der Waals surface area contributed by atoms with Gasteiger partial charge in [-0.15, -0.1) is 0 Å². The van der Waals surface area contributed by atoms with Crippen LogP contribution < -0.4 is 5.32 Å². The standard InChI is InChI=1S/C18H35NO/c1-14(2)12-18(8-5-6-9-18)13-19-16-7-10-20-17(11-16)15(3)4/h14-17,19H,5-13H2,1-4H3. The van der Waals surface area contributed by atoms with Crippen molar-refractivity contribution < 1.29 is 4.74 Å². The smallest absolute Gasteiger partial charge is 0.0612 e. The number of nitrogens with one attached hydrogen (secondary N) is 1. The Morgan fingerprint density at radius 2 is 1.85 bits per heavy atom. The Bertz CT molecular complexity index is 281. The number of hydrogen-bond acceptors (Lipinski definition) is 2. The average molecular weight is 281 g/mol. The van der Waals surface area contributed by atoms with Crippen LogP contribution in [-0.2, 0) is 4.74 Å². The largest absolute Gasteiger partial charge is 0.378 e. The quantitative estimate of drug-likeness (QED) is 0.780. The van der Waals surface area contributed by atoms with Gasteiger partial charge in [-0.3, -0.25) is 0 Å². The molecular formula is C18H35NO. The molecular weight excluding hydrogens is 246 g/mol. The maximum Gasteiger partial charge on any atom is 0.0612 e. The lowest BCUT2D eigenvalue weighted by atomic mass is 9.78. The van der Waals surface area contributed by atoms with E-state index in [1.54, 1.807) is 0 Å². The van der Waals surface area contributed by atoms with E-state index in [0.717, 1.165) is 12.5 Å². The van der Waals surface area contributed by atoms with E-state index in [0.29, 0.717) is 23.5 Å². The third kappa shape index (κ3) is 4.46. The van der Waals surface area contributed by atoms with Crippen molar-refractivity contribution in [1.82, 2.24) is 5.32 Å². The van der Waals surface area contributed by atoms with Crippen LogP contribution in [0, 0.1) is 17.3 Å². The molecule has 0 aromatic carbocycles. The fourth-order valence-electron chi connectivity index (χ4n) is 4.28. The second-order valence-electron chi connectivity index (χ2n) is 8.06. The van der Waals surface area contributed by atoms with Crippen molar-refractivity contribution in [3.8, 4) is 0 Å². The van der Waals surface area contributed by atoms with Crippen molar-refractivity contribution in [2.75, 3.05) is 13.2 Å². The van der Waals surface area contributed by atoms with Crippen LogP contribution in [0.5, 0.6) is 0 Å². The highest BCUT2D eigenvalue weighted by Gasteiger charge is 2.35. The van der Waals surface area contributed by atoms with Crippen molar-refractivity contribution in [3.63, 3.8) is 0 Å². The van der Waals surface area contributed by atoms with Crippen molar-refractivity contribution >= 4 is 0 Å². The average Bonchev–Trinajstić information content (AvgIpc) is 2.85. The van der Waals surface area contributed by atoms with Gasteiger partial charge in [-0.2, -0.15) is 0 Å². The molecule has 2 atom stereocenters. The second kappa shape index (κ2) is 7.26. The molecule has 2 rings (SSSR count). The van der Waals surface area contributed by atoms with Gasteiger partial charge < -0.3 is 10.1 Å². The molecule has 0 amide bonds. The van der Waals surface area contributed by atoms with Crippen LogP contribution >= 0.6 is 0 Å². The summed E-state index contributed by atoms with van der Waals surface area (Å²) in [5.41, 5.74) is 0.597. The minimum absolute atomic E-state index is 0.464. The summed E-state index contributed by atoms with van der Waals surface area (Å²) in [6.45, 7) is 11.5. The molecule has 0 radical (unpaired) electrons. The van der Waals surface area contributed by atoms with E-state index in [1.807, 2.05) is 0 Å². The minimum Gasteiger partial charge on any atom is -0.378 e. The van der Waals surface area contributed by atoms with E-state index in [9.17, 15) is 0 Å². The monoisotopic (exact) mass is 281 g/mol. The zero-order valence-electron chi connectivity index (χ0n) is 14.1. The predicted molar refractivity (Wildman–Crippen MR) is 86.0 cm³/mol. The molecule has 2 unspecified atom stereocenters. The van der Waals surface area contributed by atoms with Gasteiger partial charge in [0, 0.05) is 19.2 Å². The van der Waals surface area contributed by atoms with E-state index in [1.165, 1.54) is 51.5 Å². The molecule has 1 N–H and O–H groups in total. The van der Waals surface area contributed by atoms with E-state index < -0.39 is 0 Å². The fraction of sp³-hybridized carbons (Fsp3) is 1.00. The molecule has 1 aliphatic carbocycles. The van der Waals surface area contributed by atoms with Gasteiger partial charge in [0.2, 0.25) is 0 Å². The Kier molecular flexibility index (Phi) is 5.92. The molecule has 0 aromatic rings. The van der Waals surface area contributed by atoms with Crippen molar-refractivity contribution in [3.05, 3.63) is 0 Å². The Labute approximate surface area is 126 Å². The summed E-state index contributed by atoms with van der Waals surface area (Å²) in [7, 11) is 0. The molecule has 0 bridgehead atoms. The van der Waals surface area contributed by atoms with Crippen molar-refractivity contribution in [2.45, 2.75) is 84.8 Å².